The largest absolute Gasteiger partial charge is 0.381 e. The highest BCUT2D eigenvalue weighted by atomic mass is 32.1. The molecule has 0 saturated carbocycles. The Morgan fingerprint density at radius 1 is 1.58 bits per heavy atom. The Morgan fingerprint density at radius 2 is 2.50 bits per heavy atom. The van der Waals surface area contributed by atoms with Gasteiger partial charge in [0.2, 0.25) is 0 Å². The summed E-state index contributed by atoms with van der Waals surface area (Å²) in [4.78, 5) is 2.66. The number of nitrogens with two attached hydrogens (primary N) is 1. The first-order valence-electron chi connectivity index (χ1n) is 3.40. The summed E-state index contributed by atoms with van der Waals surface area (Å²) in [6.45, 7) is 0.641. The van der Waals surface area contributed by atoms with E-state index in [0.717, 1.165) is 4.88 Å². The van der Waals surface area contributed by atoms with Crippen molar-refractivity contribution in [1.29, 1.82) is 0 Å². The molecule has 0 amide bonds. The summed E-state index contributed by atoms with van der Waals surface area (Å²) in [7, 11) is 0. The zero-order chi connectivity index (χ0) is 8.39. The number of nitrogen functional groups attached to an aromatic ring is 1. The van der Waals surface area contributed by atoms with Gasteiger partial charge in [-0.15, -0.1) is 5.10 Å². The Labute approximate surface area is 73.0 Å². The highest BCUT2D eigenvalue weighted by molar-refractivity contribution is 7.05. The first-order valence-corrected chi connectivity index (χ1v) is 4.17. The third-order valence-corrected chi connectivity index (χ3v) is 2.07. The second-order valence-corrected chi connectivity index (χ2v) is 3.20. The lowest BCUT2D eigenvalue weighted by atomic mass is 10.5. The zero-order valence-electron chi connectivity index (χ0n) is 6.21. The maximum atomic E-state index is 5.40. The van der Waals surface area contributed by atoms with Crippen LogP contribution in [0.25, 0.3) is 0 Å². The summed E-state index contributed by atoms with van der Waals surface area (Å²) in [5.74, 6) is 0.444. The van der Waals surface area contributed by atoms with Gasteiger partial charge < -0.3 is 5.73 Å². The number of aromatic nitrogens is 4. The Hall–Kier alpha value is -1.43. The van der Waals surface area contributed by atoms with Crippen molar-refractivity contribution in [3.05, 3.63) is 23.3 Å². The molecule has 62 valence electrons. The average molecular weight is 181 g/mol. The van der Waals surface area contributed by atoms with Crippen LogP contribution in [0.4, 0.5) is 5.82 Å². The summed E-state index contributed by atoms with van der Waals surface area (Å²) >= 11 is 1.44. The number of hydrogen-bond acceptors (Lipinski definition) is 5. The topological polar surface area (TPSA) is 69.6 Å². The van der Waals surface area contributed by atoms with Crippen LogP contribution in [0.15, 0.2) is 18.5 Å². The van der Waals surface area contributed by atoms with Gasteiger partial charge >= 0.3 is 0 Å². The fourth-order valence-corrected chi connectivity index (χ4v) is 1.40. The molecule has 2 aromatic heterocycles. The Morgan fingerprint density at radius 3 is 3.08 bits per heavy atom. The number of hydrogen-bond donors (Lipinski definition) is 1. The van der Waals surface area contributed by atoms with Gasteiger partial charge in [-0.1, -0.05) is 0 Å². The van der Waals surface area contributed by atoms with E-state index >= 15 is 0 Å². The van der Waals surface area contributed by atoms with Gasteiger partial charge in [-0.3, -0.25) is 0 Å². The molecule has 2 aromatic rings. The third-order valence-electron chi connectivity index (χ3n) is 1.34. The number of anilines is 1. The fraction of sp³-hybridized carbons (Fsp3) is 0.167. The zero-order valence-corrected chi connectivity index (χ0v) is 7.03. The molecule has 12 heavy (non-hydrogen) atoms. The molecule has 0 aliphatic carbocycles. The van der Waals surface area contributed by atoms with Crippen LogP contribution in [-0.4, -0.2) is 19.4 Å². The molecule has 0 aliphatic heterocycles. The van der Waals surface area contributed by atoms with Crippen LogP contribution in [0.3, 0.4) is 0 Å². The highest BCUT2D eigenvalue weighted by Crippen LogP contribution is 2.05. The lowest BCUT2D eigenvalue weighted by Crippen LogP contribution is -2.02. The van der Waals surface area contributed by atoms with Crippen molar-refractivity contribution < 1.29 is 0 Å². The minimum Gasteiger partial charge on any atom is -0.381 e. The number of nitrogens with zero attached hydrogens (tertiary/aromatic N) is 4. The van der Waals surface area contributed by atoms with Crippen molar-refractivity contribution in [2.45, 2.75) is 6.54 Å². The fourth-order valence-electron chi connectivity index (χ4n) is 0.850. The molecule has 2 rings (SSSR count). The number of rotatable bonds is 2. The molecular formula is C6H7N5S. The molecule has 0 radical (unpaired) electrons. The smallest absolute Gasteiger partial charge is 0.165 e. The van der Waals surface area contributed by atoms with Gasteiger partial charge in [0.25, 0.3) is 0 Å². The van der Waals surface area contributed by atoms with Gasteiger partial charge in [0.05, 0.1) is 12.7 Å². The second-order valence-electron chi connectivity index (χ2n) is 2.28. The molecule has 0 spiro atoms. The lowest BCUT2D eigenvalue weighted by molar-refractivity contribution is 0.598. The summed E-state index contributed by atoms with van der Waals surface area (Å²) in [6, 6.07) is 1.93. The van der Waals surface area contributed by atoms with Crippen LogP contribution in [0.5, 0.6) is 0 Å². The molecule has 0 atom stereocenters. The van der Waals surface area contributed by atoms with Gasteiger partial charge in [0.15, 0.2) is 5.82 Å². The van der Waals surface area contributed by atoms with Crippen molar-refractivity contribution >= 4 is 17.4 Å². The second kappa shape index (κ2) is 2.90. The molecule has 6 heteroatoms. The van der Waals surface area contributed by atoms with E-state index in [2.05, 4.69) is 14.6 Å². The van der Waals surface area contributed by atoms with Crippen molar-refractivity contribution in [2.75, 3.05) is 5.73 Å². The van der Waals surface area contributed by atoms with E-state index in [1.54, 1.807) is 11.0 Å². The quantitative estimate of drug-likeness (QED) is 0.726. The van der Waals surface area contributed by atoms with Crippen LogP contribution in [0.2, 0.25) is 0 Å². The van der Waals surface area contributed by atoms with Gasteiger partial charge in [0.1, 0.15) is 0 Å². The first kappa shape index (κ1) is 7.23. The molecule has 5 nitrogen and oxygen atoms in total. The molecule has 0 fully saturated rings. The minimum absolute atomic E-state index is 0.444. The maximum Gasteiger partial charge on any atom is 0.165 e. The third kappa shape index (κ3) is 1.42. The minimum atomic E-state index is 0.444. The maximum absolute atomic E-state index is 5.40. The van der Waals surface area contributed by atoms with Gasteiger partial charge in [-0.25, -0.2) is 4.37 Å². The normalized spacial score (nSPS) is 10.3. The first-order chi connectivity index (χ1) is 5.84. The molecule has 0 bridgehead atoms. The van der Waals surface area contributed by atoms with Crippen LogP contribution >= 0.6 is 11.5 Å². The van der Waals surface area contributed by atoms with E-state index in [-0.39, 0.29) is 0 Å². The van der Waals surface area contributed by atoms with Crippen LogP contribution in [0.1, 0.15) is 4.88 Å². The molecule has 0 saturated heterocycles. The highest BCUT2D eigenvalue weighted by Gasteiger charge is 1.98. The van der Waals surface area contributed by atoms with E-state index in [4.69, 9.17) is 5.73 Å². The molecule has 0 aromatic carbocycles. The van der Waals surface area contributed by atoms with Crippen LogP contribution in [-0.2, 0) is 6.54 Å². The van der Waals surface area contributed by atoms with E-state index in [9.17, 15) is 0 Å². The Balaban J connectivity index is 2.14. The van der Waals surface area contributed by atoms with Gasteiger partial charge in [-0.2, -0.15) is 9.90 Å². The van der Waals surface area contributed by atoms with Crippen molar-refractivity contribution in [2.24, 2.45) is 0 Å². The van der Waals surface area contributed by atoms with E-state index < -0.39 is 0 Å². The molecule has 0 unspecified atom stereocenters. The SMILES string of the molecule is Nc1cnn(Cc2ccns2)n1. The predicted octanol–water partition coefficient (Wildman–Crippen LogP) is 0.365. The molecule has 2 N–H and O–H groups in total. The van der Waals surface area contributed by atoms with Crippen molar-refractivity contribution in [3.63, 3.8) is 0 Å². The molecule has 2 heterocycles. The van der Waals surface area contributed by atoms with Crippen molar-refractivity contribution in [3.8, 4) is 0 Å². The standard InChI is InChI=1S/C6H7N5S/c7-6-3-8-11(10-6)4-5-1-2-9-12-5/h1-3H,4H2,(H2,7,10). The average Bonchev–Trinajstić information content (AvgIpc) is 2.63. The molecule has 0 aliphatic rings. The van der Waals surface area contributed by atoms with E-state index in [1.807, 2.05) is 6.07 Å². The van der Waals surface area contributed by atoms with Gasteiger partial charge in [0, 0.05) is 11.1 Å². The summed E-state index contributed by atoms with van der Waals surface area (Å²) in [5, 5.41) is 7.90. The van der Waals surface area contributed by atoms with Crippen molar-refractivity contribution in [1.82, 2.24) is 19.4 Å². The monoisotopic (exact) mass is 181 g/mol. The summed E-state index contributed by atoms with van der Waals surface area (Å²) in [5.41, 5.74) is 5.40. The van der Waals surface area contributed by atoms with E-state index in [1.165, 1.54) is 17.7 Å². The lowest BCUT2D eigenvalue weighted by Gasteiger charge is -1.92. The Bertz CT molecular complexity index is 352. The summed E-state index contributed by atoms with van der Waals surface area (Å²) in [6.07, 6.45) is 3.29. The Kier molecular flexibility index (Phi) is 1.75. The van der Waals surface area contributed by atoms with Gasteiger partial charge in [-0.05, 0) is 17.6 Å². The summed E-state index contributed by atoms with van der Waals surface area (Å²) < 4.78 is 3.97. The molecular weight excluding hydrogens is 174 g/mol. The van der Waals surface area contributed by atoms with Crippen LogP contribution < -0.4 is 5.73 Å². The predicted molar refractivity (Wildman–Crippen MR) is 45.7 cm³/mol. The van der Waals surface area contributed by atoms with Crippen LogP contribution in [0, 0.1) is 0 Å². The van der Waals surface area contributed by atoms with E-state index in [0.29, 0.717) is 12.4 Å².